The van der Waals surface area contributed by atoms with Gasteiger partial charge in [-0.05, 0) is 47.6 Å². The topological polar surface area (TPSA) is 0 Å². The van der Waals surface area contributed by atoms with Crippen molar-refractivity contribution in [1.82, 2.24) is 0 Å². The van der Waals surface area contributed by atoms with E-state index in [1.807, 2.05) is 18.2 Å². The maximum atomic E-state index is 12.9. The summed E-state index contributed by atoms with van der Waals surface area (Å²) in [5, 5.41) is 0. The Morgan fingerprint density at radius 2 is 1.56 bits per heavy atom. The lowest BCUT2D eigenvalue weighted by Gasteiger charge is -2.08. The van der Waals surface area contributed by atoms with Crippen LogP contribution in [0.5, 0.6) is 0 Å². The van der Waals surface area contributed by atoms with Gasteiger partial charge >= 0.3 is 0 Å². The van der Waals surface area contributed by atoms with Crippen LogP contribution in [0.15, 0.2) is 48.5 Å². The van der Waals surface area contributed by atoms with Crippen molar-refractivity contribution < 1.29 is 4.39 Å². The van der Waals surface area contributed by atoms with Crippen molar-refractivity contribution in [3.8, 4) is 11.1 Å². The maximum Gasteiger partial charge on any atom is 0.123 e. The van der Waals surface area contributed by atoms with Crippen molar-refractivity contribution in [1.29, 1.82) is 0 Å². The first-order chi connectivity index (χ1) is 7.84. The summed E-state index contributed by atoms with van der Waals surface area (Å²) in [6.45, 7) is 0. The maximum absolute atomic E-state index is 12.9. The van der Waals surface area contributed by atoms with Gasteiger partial charge in [0.1, 0.15) is 5.82 Å². The summed E-state index contributed by atoms with van der Waals surface area (Å²) in [5.74, 6) is 0.550. The van der Waals surface area contributed by atoms with Crippen LogP contribution in [0.1, 0.15) is 24.3 Å². The van der Waals surface area contributed by atoms with Gasteiger partial charge in [0.25, 0.3) is 0 Å². The highest BCUT2D eigenvalue weighted by molar-refractivity contribution is 5.68. The van der Waals surface area contributed by atoms with Crippen LogP contribution in [0, 0.1) is 5.82 Å². The molecular formula is C15H13F. The van der Waals surface area contributed by atoms with E-state index in [1.54, 1.807) is 0 Å². The van der Waals surface area contributed by atoms with Crippen LogP contribution in [0.4, 0.5) is 4.39 Å². The molecule has 0 aromatic heterocycles. The second-order valence-electron chi connectivity index (χ2n) is 4.37. The molecule has 0 heterocycles. The number of benzene rings is 2. The molecule has 3 rings (SSSR count). The zero-order chi connectivity index (χ0) is 11.0. The van der Waals surface area contributed by atoms with Crippen molar-refractivity contribution in [2.75, 3.05) is 0 Å². The third kappa shape index (κ3) is 1.73. The second-order valence-corrected chi connectivity index (χ2v) is 4.37. The minimum atomic E-state index is -0.173. The third-order valence-electron chi connectivity index (χ3n) is 3.13. The summed E-state index contributed by atoms with van der Waals surface area (Å²) in [6, 6.07) is 15.2. The normalized spacial score (nSPS) is 15.1. The Kier molecular flexibility index (Phi) is 2.24. The number of halogens is 1. The van der Waals surface area contributed by atoms with E-state index in [4.69, 9.17) is 0 Å². The molecule has 1 heteroatoms. The Morgan fingerprint density at radius 3 is 2.25 bits per heavy atom. The molecule has 0 bridgehead atoms. The number of rotatable bonds is 2. The van der Waals surface area contributed by atoms with Gasteiger partial charge in [-0.1, -0.05) is 36.4 Å². The summed E-state index contributed by atoms with van der Waals surface area (Å²) in [6.07, 6.45) is 2.58. The van der Waals surface area contributed by atoms with Gasteiger partial charge in [-0.2, -0.15) is 0 Å². The Balaban J connectivity index is 2.08. The molecule has 2 aromatic carbocycles. The van der Waals surface area contributed by atoms with Gasteiger partial charge in [0.05, 0.1) is 0 Å². The average molecular weight is 212 g/mol. The SMILES string of the molecule is Fc1ccc(-c2ccccc2C2CC2)cc1. The lowest BCUT2D eigenvalue weighted by Crippen LogP contribution is -1.86. The predicted molar refractivity (Wildman–Crippen MR) is 63.8 cm³/mol. The molecule has 0 radical (unpaired) electrons. The lowest BCUT2D eigenvalue weighted by molar-refractivity contribution is 0.628. The molecule has 1 fully saturated rings. The van der Waals surface area contributed by atoms with E-state index in [0.717, 1.165) is 11.5 Å². The minimum Gasteiger partial charge on any atom is -0.207 e. The molecule has 0 spiro atoms. The Labute approximate surface area is 94.7 Å². The van der Waals surface area contributed by atoms with Crippen LogP contribution in [0.2, 0.25) is 0 Å². The Morgan fingerprint density at radius 1 is 0.875 bits per heavy atom. The summed E-state index contributed by atoms with van der Waals surface area (Å²) >= 11 is 0. The second kappa shape index (κ2) is 3.75. The zero-order valence-electron chi connectivity index (χ0n) is 8.99. The molecule has 0 saturated heterocycles. The summed E-state index contributed by atoms with van der Waals surface area (Å²) in [4.78, 5) is 0. The highest BCUT2D eigenvalue weighted by atomic mass is 19.1. The molecule has 0 unspecified atom stereocenters. The van der Waals surface area contributed by atoms with Crippen molar-refractivity contribution >= 4 is 0 Å². The van der Waals surface area contributed by atoms with E-state index >= 15 is 0 Å². The smallest absolute Gasteiger partial charge is 0.123 e. The van der Waals surface area contributed by atoms with E-state index in [-0.39, 0.29) is 5.82 Å². The van der Waals surface area contributed by atoms with Crippen LogP contribution in [-0.2, 0) is 0 Å². The van der Waals surface area contributed by atoms with E-state index < -0.39 is 0 Å². The van der Waals surface area contributed by atoms with Gasteiger partial charge in [0, 0.05) is 0 Å². The first-order valence-electron chi connectivity index (χ1n) is 5.69. The van der Waals surface area contributed by atoms with Crippen molar-refractivity contribution in [3.63, 3.8) is 0 Å². The van der Waals surface area contributed by atoms with Crippen molar-refractivity contribution in [2.45, 2.75) is 18.8 Å². The standard InChI is InChI=1S/C15H13F/c16-13-9-7-12(8-10-13)15-4-2-1-3-14(15)11-5-6-11/h1-4,7-11H,5-6H2. The molecule has 0 aliphatic heterocycles. The number of hydrogen-bond acceptors (Lipinski definition) is 0. The van der Waals surface area contributed by atoms with E-state index in [2.05, 4.69) is 18.2 Å². The molecule has 0 nitrogen and oxygen atoms in total. The Bertz CT molecular complexity index is 495. The van der Waals surface area contributed by atoms with E-state index in [9.17, 15) is 4.39 Å². The molecule has 0 N–H and O–H groups in total. The highest BCUT2D eigenvalue weighted by Gasteiger charge is 2.25. The third-order valence-corrected chi connectivity index (χ3v) is 3.13. The summed E-state index contributed by atoms with van der Waals surface area (Å²) in [5.41, 5.74) is 3.78. The van der Waals surface area contributed by atoms with E-state index in [1.165, 1.54) is 36.1 Å². The molecule has 2 aromatic rings. The highest BCUT2D eigenvalue weighted by Crippen LogP contribution is 2.44. The molecule has 80 valence electrons. The fraction of sp³-hybridized carbons (Fsp3) is 0.200. The fourth-order valence-corrected chi connectivity index (χ4v) is 2.14. The van der Waals surface area contributed by atoms with Gasteiger partial charge in [-0.15, -0.1) is 0 Å². The minimum absolute atomic E-state index is 0.173. The van der Waals surface area contributed by atoms with Gasteiger partial charge in [-0.3, -0.25) is 0 Å². The van der Waals surface area contributed by atoms with Crippen molar-refractivity contribution in [2.24, 2.45) is 0 Å². The Hall–Kier alpha value is -1.63. The monoisotopic (exact) mass is 212 g/mol. The largest absolute Gasteiger partial charge is 0.207 e. The van der Waals surface area contributed by atoms with Gasteiger partial charge in [0.15, 0.2) is 0 Å². The van der Waals surface area contributed by atoms with Crippen LogP contribution in [0.25, 0.3) is 11.1 Å². The predicted octanol–water partition coefficient (Wildman–Crippen LogP) is 4.37. The van der Waals surface area contributed by atoms with Crippen LogP contribution < -0.4 is 0 Å². The molecule has 0 atom stereocenters. The average Bonchev–Trinajstić information content (AvgIpc) is 3.14. The van der Waals surface area contributed by atoms with Crippen LogP contribution >= 0.6 is 0 Å². The molecule has 16 heavy (non-hydrogen) atoms. The lowest BCUT2D eigenvalue weighted by atomic mass is 9.97. The molecule has 1 saturated carbocycles. The van der Waals surface area contributed by atoms with Crippen molar-refractivity contribution in [3.05, 3.63) is 59.9 Å². The van der Waals surface area contributed by atoms with Crippen LogP contribution in [0.3, 0.4) is 0 Å². The van der Waals surface area contributed by atoms with Crippen LogP contribution in [-0.4, -0.2) is 0 Å². The fourth-order valence-electron chi connectivity index (χ4n) is 2.14. The zero-order valence-corrected chi connectivity index (χ0v) is 8.99. The number of hydrogen-bond donors (Lipinski definition) is 0. The molecule has 0 amide bonds. The van der Waals surface area contributed by atoms with Gasteiger partial charge in [-0.25, -0.2) is 4.39 Å². The molecule has 1 aliphatic carbocycles. The first kappa shape index (κ1) is 9.59. The van der Waals surface area contributed by atoms with E-state index in [0.29, 0.717) is 0 Å². The molecule has 1 aliphatic rings. The van der Waals surface area contributed by atoms with Gasteiger partial charge in [0.2, 0.25) is 0 Å². The summed E-state index contributed by atoms with van der Waals surface area (Å²) < 4.78 is 12.9. The summed E-state index contributed by atoms with van der Waals surface area (Å²) in [7, 11) is 0. The first-order valence-corrected chi connectivity index (χ1v) is 5.69. The quantitative estimate of drug-likeness (QED) is 0.693. The molecular weight excluding hydrogens is 199 g/mol. The van der Waals surface area contributed by atoms with Gasteiger partial charge < -0.3 is 0 Å².